The van der Waals surface area contributed by atoms with E-state index in [1.54, 1.807) is 24.3 Å². The van der Waals surface area contributed by atoms with Crippen LogP contribution in [0.2, 0.25) is 0 Å². The van der Waals surface area contributed by atoms with Gasteiger partial charge in [0.05, 0.1) is 18.3 Å². The Morgan fingerprint density at radius 2 is 1.73 bits per heavy atom. The molecule has 2 aromatic carbocycles. The number of hydrogen-bond acceptors (Lipinski definition) is 7. The van der Waals surface area contributed by atoms with Gasteiger partial charge in [0.15, 0.2) is 0 Å². The molecular formula is C31H42N2O7. The molecule has 5 atom stereocenters. The van der Waals surface area contributed by atoms with Gasteiger partial charge in [0.1, 0.15) is 6.61 Å². The smallest absolute Gasteiger partial charge is 0.294 e. The summed E-state index contributed by atoms with van der Waals surface area (Å²) in [5, 5.41) is 44.0. The van der Waals surface area contributed by atoms with Gasteiger partial charge in [-0.3, -0.25) is 4.79 Å². The van der Waals surface area contributed by atoms with E-state index in [0.29, 0.717) is 50.5 Å². The van der Waals surface area contributed by atoms with Crippen molar-refractivity contribution in [3.63, 3.8) is 0 Å². The normalized spacial score (nSPS) is 21.4. The lowest BCUT2D eigenvalue weighted by atomic mass is 9.85. The molecule has 0 aromatic heterocycles. The highest BCUT2D eigenvalue weighted by Crippen LogP contribution is 2.38. The number of carbonyl (C=O) groups is 1. The molecule has 1 fully saturated rings. The van der Waals surface area contributed by atoms with Gasteiger partial charge >= 0.3 is 0 Å². The fourth-order valence-corrected chi connectivity index (χ4v) is 5.44. The summed E-state index contributed by atoms with van der Waals surface area (Å²) in [5.41, 5.74) is 2.62. The third-order valence-corrected chi connectivity index (χ3v) is 7.73. The van der Waals surface area contributed by atoms with E-state index in [9.17, 15) is 30.2 Å². The van der Waals surface area contributed by atoms with Gasteiger partial charge in [-0.25, -0.2) is 0 Å². The topological polar surface area (TPSA) is 142 Å². The lowest BCUT2D eigenvalue weighted by molar-refractivity contribution is -0.763. The fourth-order valence-electron chi connectivity index (χ4n) is 5.44. The predicted molar refractivity (Wildman–Crippen MR) is 151 cm³/mol. The Morgan fingerprint density at radius 1 is 1.02 bits per heavy atom. The first-order chi connectivity index (χ1) is 19.3. The summed E-state index contributed by atoms with van der Waals surface area (Å²) in [6, 6.07) is 17.2. The molecular weight excluding hydrogens is 512 g/mol. The van der Waals surface area contributed by atoms with E-state index in [2.05, 4.69) is 22.3 Å². The van der Waals surface area contributed by atoms with E-state index in [4.69, 9.17) is 0 Å². The number of aliphatic hydroxyl groups excluding tert-OH is 3. The molecule has 0 spiro atoms. The van der Waals surface area contributed by atoms with Gasteiger partial charge in [-0.1, -0.05) is 66.7 Å². The summed E-state index contributed by atoms with van der Waals surface area (Å²) >= 11 is 0. The van der Waals surface area contributed by atoms with Crippen LogP contribution >= 0.6 is 0 Å². The lowest BCUT2D eigenvalue weighted by Crippen LogP contribution is -2.23. The largest absolute Gasteiger partial charge is 0.393 e. The van der Waals surface area contributed by atoms with Crippen molar-refractivity contribution in [3.8, 4) is 0 Å². The summed E-state index contributed by atoms with van der Waals surface area (Å²) < 4.78 is 0. The third kappa shape index (κ3) is 10.7. The van der Waals surface area contributed by atoms with Crippen LogP contribution in [0.3, 0.4) is 0 Å². The number of hydrogen-bond donors (Lipinski definition) is 4. The molecule has 0 bridgehead atoms. The molecule has 218 valence electrons. The molecule has 0 unspecified atom stereocenters. The van der Waals surface area contributed by atoms with Crippen LogP contribution in [0.15, 0.2) is 66.7 Å². The van der Waals surface area contributed by atoms with Crippen LogP contribution in [0.1, 0.15) is 68.1 Å². The Hall–Kier alpha value is -3.27. The highest BCUT2D eigenvalue weighted by molar-refractivity contribution is 5.75. The molecule has 1 aliphatic rings. The number of carbonyl (C=O) groups excluding carboxylic acids is 1. The summed E-state index contributed by atoms with van der Waals surface area (Å²) in [7, 11) is 0. The number of allylic oxidation sites excluding steroid dienone is 2. The minimum absolute atomic E-state index is 0.0459. The first-order valence-corrected chi connectivity index (χ1v) is 14.2. The summed E-state index contributed by atoms with van der Waals surface area (Å²) in [4.78, 5) is 27.2. The van der Waals surface area contributed by atoms with Crippen LogP contribution in [0.25, 0.3) is 0 Å². The number of rotatable bonds is 17. The Bertz CT molecular complexity index is 1080. The van der Waals surface area contributed by atoms with Crippen molar-refractivity contribution >= 4 is 5.91 Å². The van der Waals surface area contributed by atoms with Gasteiger partial charge in [-0.15, -0.1) is 10.1 Å². The molecule has 1 aliphatic carbocycles. The second-order valence-corrected chi connectivity index (χ2v) is 10.6. The number of unbranched alkanes of at least 4 members (excludes halogenated alkanes) is 1. The van der Waals surface area contributed by atoms with Crippen LogP contribution in [0.5, 0.6) is 0 Å². The molecule has 0 radical (unpaired) electrons. The summed E-state index contributed by atoms with van der Waals surface area (Å²) in [5.74, 6) is -0.190. The Kier molecular flexibility index (Phi) is 13.1. The molecule has 0 heterocycles. The third-order valence-electron chi connectivity index (χ3n) is 7.73. The molecule has 2 aromatic rings. The minimum atomic E-state index is -0.836. The van der Waals surface area contributed by atoms with Gasteiger partial charge in [0.2, 0.25) is 5.91 Å². The van der Waals surface area contributed by atoms with Crippen molar-refractivity contribution in [1.29, 1.82) is 0 Å². The second kappa shape index (κ2) is 16.7. The van der Waals surface area contributed by atoms with E-state index < -0.39 is 23.4 Å². The fraction of sp³-hybridized carbons (Fsp3) is 0.516. The minimum Gasteiger partial charge on any atom is -0.393 e. The number of aryl methyl sites for hydroxylation is 1. The van der Waals surface area contributed by atoms with E-state index in [0.717, 1.165) is 18.4 Å². The van der Waals surface area contributed by atoms with Gasteiger partial charge in [0.25, 0.3) is 5.09 Å². The van der Waals surface area contributed by atoms with Crippen molar-refractivity contribution in [2.45, 2.75) is 89.3 Å². The first-order valence-electron chi connectivity index (χ1n) is 14.2. The van der Waals surface area contributed by atoms with Gasteiger partial charge in [0, 0.05) is 13.0 Å². The molecule has 1 amide bonds. The zero-order valence-electron chi connectivity index (χ0n) is 22.9. The van der Waals surface area contributed by atoms with E-state index in [-0.39, 0.29) is 30.9 Å². The zero-order chi connectivity index (χ0) is 28.7. The monoisotopic (exact) mass is 554 g/mol. The molecule has 0 aliphatic heterocycles. The van der Waals surface area contributed by atoms with Gasteiger partial charge in [-0.2, -0.15) is 0 Å². The standard InChI is InChI=1S/C31H42N2O7/c34-26(17-16-23-10-4-3-5-11-23)18-19-28-27(29(35)20-30(28)36)14-6-1-2-7-15-31(37)32-21-24-12-8-9-13-25(24)22-40-33(38)39/h1,3-6,8-13,26-30,34-36H,2,7,14-22H2,(H,32,37)/b6-1-/t26-,27+,28+,29-,30+/m0/s1. The Balaban J connectivity index is 1.33. The van der Waals surface area contributed by atoms with E-state index in [1.165, 1.54) is 5.56 Å². The van der Waals surface area contributed by atoms with Crippen LogP contribution in [-0.4, -0.2) is 44.6 Å². The van der Waals surface area contributed by atoms with Crippen LogP contribution in [0, 0.1) is 22.0 Å². The number of amides is 1. The summed E-state index contributed by atoms with van der Waals surface area (Å²) in [6.07, 6.45) is 8.00. The van der Waals surface area contributed by atoms with Crippen molar-refractivity contribution in [1.82, 2.24) is 5.32 Å². The molecule has 4 N–H and O–H groups in total. The zero-order valence-corrected chi connectivity index (χ0v) is 22.9. The van der Waals surface area contributed by atoms with Crippen molar-refractivity contribution in [2.75, 3.05) is 0 Å². The Morgan fingerprint density at radius 3 is 2.48 bits per heavy atom. The first kappa shape index (κ1) is 31.3. The average Bonchev–Trinajstić information content (AvgIpc) is 3.22. The van der Waals surface area contributed by atoms with E-state index in [1.807, 2.05) is 30.4 Å². The molecule has 1 saturated carbocycles. The lowest BCUT2D eigenvalue weighted by Gasteiger charge is -2.23. The number of nitrogens with zero attached hydrogens (tertiary/aromatic N) is 1. The maximum absolute atomic E-state index is 12.3. The van der Waals surface area contributed by atoms with E-state index >= 15 is 0 Å². The highest BCUT2D eigenvalue weighted by atomic mass is 16.9. The van der Waals surface area contributed by atoms with Crippen LogP contribution in [0.4, 0.5) is 0 Å². The maximum atomic E-state index is 12.3. The second-order valence-electron chi connectivity index (χ2n) is 10.6. The number of aliphatic hydroxyl groups is 3. The van der Waals surface area contributed by atoms with Crippen LogP contribution in [-0.2, 0) is 29.2 Å². The van der Waals surface area contributed by atoms with Crippen molar-refractivity contribution < 1.29 is 30.0 Å². The molecule has 0 saturated heterocycles. The van der Waals surface area contributed by atoms with Crippen LogP contribution < -0.4 is 5.32 Å². The predicted octanol–water partition coefficient (Wildman–Crippen LogP) is 4.26. The Labute approximate surface area is 236 Å². The molecule has 40 heavy (non-hydrogen) atoms. The molecule has 9 heteroatoms. The van der Waals surface area contributed by atoms with Crippen molar-refractivity contribution in [2.24, 2.45) is 11.8 Å². The maximum Gasteiger partial charge on any atom is 0.294 e. The number of nitrogens with one attached hydrogen (secondary N) is 1. The number of benzene rings is 2. The van der Waals surface area contributed by atoms with Crippen molar-refractivity contribution in [3.05, 3.63) is 93.6 Å². The van der Waals surface area contributed by atoms with Gasteiger partial charge < -0.3 is 25.5 Å². The quantitative estimate of drug-likeness (QED) is 0.0991. The summed E-state index contributed by atoms with van der Waals surface area (Å²) in [6.45, 7) is 0.114. The molecule has 3 rings (SSSR count). The average molecular weight is 555 g/mol. The van der Waals surface area contributed by atoms with Gasteiger partial charge in [-0.05, 0) is 79.9 Å². The SMILES string of the molecule is O=C(CCC/C=C\C[C@@H]1[C@@H](CC[C@@H](O)CCc2ccccc2)[C@H](O)C[C@@H]1O)NCc1ccccc1CO[N+](=O)[O-]. The molecule has 9 nitrogen and oxygen atoms in total. The highest BCUT2D eigenvalue weighted by Gasteiger charge is 2.40.